The molecule has 0 amide bonds. The first-order valence-corrected chi connectivity index (χ1v) is 60.9. The van der Waals surface area contributed by atoms with E-state index in [-0.39, 0.29) is 28.4 Å². The van der Waals surface area contributed by atoms with Gasteiger partial charge in [-0.25, -0.2) is 0 Å². The maximum absolute atomic E-state index is 11.2. The molecule has 9 aliphatic rings. The highest BCUT2D eigenvalue weighted by Crippen LogP contribution is 2.54. The molecule has 21 unspecified atom stereocenters. The molecule has 9 fully saturated rings. The van der Waals surface area contributed by atoms with Crippen LogP contribution in [-0.2, 0) is 4.74 Å². The molecule has 9 saturated carbocycles. The van der Waals surface area contributed by atoms with Gasteiger partial charge >= 0.3 is 0 Å². The second kappa shape index (κ2) is 79.4. The molecule has 9 rings (SSSR count). The predicted octanol–water partition coefficient (Wildman–Crippen LogP) is 39.1. The molecule has 0 heterocycles. The molecule has 0 aromatic heterocycles. The molecule has 0 saturated heterocycles. The fourth-order valence-corrected chi connectivity index (χ4v) is 25.1. The Morgan fingerprint density at radius 2 is 0.450 bits per heavy atom. The first kappa shape index (κ1) is 122. The summed E-state index contributed by atoms with van der Waals surface area (Å²) in [6, 6.07) is 0. The maximum Gasteiger partial charge on any atom is 0.0967 e. The van der Waals surface area contributed by atoms with Gasteiger partial charge in [0.2, 0.25) is 0 Å². The lowest BCUT2D eigenvalue weighted by Gasteiger charge is -2.28. The van der Waals surface area contributed by atoms with Crippen molar-refractivity contribution < 1.29 is 14.9 Å². The minimum absolute atomic E-state index is 0. The molecule has 9 aliphatic carbocycles. The van der Waals surface area contributed by atoms with Crippen molar-refractivity contribution in [2.24, 2.45) is 130 Å². The number of alkyl halides is 2. The molecule has 0 aromatic carbocycles. The van der Waals surface area contributed by atoms with E-state index in [1.54, 1.807) is 77.0 Å². The van der Waals surface area contributed by atoms with Gasteiger partial charge in [-0.15, -0.1) is 40.2 Å². The number of nitrogens with zero attached hydrogens (tertiary/aromatic N) is 2. The van der Waals surface area contributed by atoms with Crippen LogP contribution in [0.25, 0.3) is 0 Å². The molecular formula is C121H235BrCl2N2O3. The Hall–Kier alpha value is 0.860. The van der Waals surface area contributed by atoms with E-state index in [0.717, 1.165) is 157 Å². The third-order valence-electron chi connectivity index (χ3n) is 35.2. The zero-order valence-electron chi connectivity index (χ0n) is 89.9. The van der Waals surface area contributed by atoms with Crippen LogP contribution in [-0.4, -0.2) is 92.1 Å². The first-order valence-electron chi connectivity index (χ1n) is 59.9. The zero-order chi connectivity index (χ0) is 92.4. The lowest BCUT2D eigenvalue weighted by atomic mass is 9.81. The Labute approximate surface area is 831 Å². The third-order valence-corrected chi connectivity index (χ3v) is 35.2. The summed E-state index contributed by atoms with van der Waals surface area (Å²) in [5, 5.41) is 19.8. The lowest BCUT2D eigenvalue weighted by Crippen LogP contribution is -2.25. The molecule has 0 aliphatic heterocycles. The van der Waals surface area contributed by atoms with Crippen LogP contribution in [0.4, 0.5) is 0 Å². The Kier molecular flexibility index (Phi) is 75.2. The topological polar surface area (TPSA) is 56.2 Å². The number of unbranched alkanes of at least 4 members (excludes halogenated alkanes) is 22. The smallest absolute Gasteiger partial charge is 0.0967 e. The van der Waals surface area contributed by atoms with E-state index in [2.05, 4.69) is 107 Å². The largest absolute Gasteiger partial charge is 0.396 e. The average molecular weight is 1920 g/mol. The highest BCUT2D eigenvalue weighted by atomic mass is 79.9. The molecule has 8 heteroatoms. The summed E-state index contributed by atoms with van der Waals surface area (Å²) in [5.74, 6) is 22.8. The van der Waals surface area contributed by atoms with E-state index in [9.17, 15) is 5.11 Å². The third kappa shape index (κ3) is 63.4. The second-order valence-electron chi connectivity index (χ2n) is 47.4. The minimum atomic E-state index is -0.0265. The van der Waals surface area contributed by atoms with E-state index in [0.29, 0.717) is 18.6 Å². The van der Waals surface area contributed by atoms with Gasteiger partial charge in [-0.05, 0) is 306 Å². The van der Waals surface area contributed by atoms with E-state index < -0.39 is 0 Å². The number of rotatable bonds is 87. The number of aliphatic hydroxyl groups excluding tert-OH is 2. The van der Waals surface area contributed by atoms with Gasteiger partial charge in [0.1, 0.15) is 0 Å². The van der Waals surface area contributed by atoms with E-state index in [1.165, 1.54) is 411 Å². The number of hydrogen-bond acceptors (Lipinski definition) is 5. The minimum Gasteiger partial charge on any atom is -0.396 e. The summed E-state index contributed by atoms with van der Waals surface area (Å²) >= 11 is 9.53. The van der Waals surface area contributed by atoms with Crippen LogP contribution in [0.15, 0.2) is 0 Å². The predicted molar refractivity (Wildman–Crippen MR) is 580 cm³/mol. The molecule has 0 spiro atoms. The van der Waals surface area contributed by atoms with E-state index >= 15 is 0 Å². The van der Waals surface area contributed by atoms with Crippen LogP contribution in [0.2, 0.25) is 0 Å². The van der Waals surface area contributed by atoms with Gasteiger partial charge in [-0.3, -0.25) is 0 Å². The van der Waals surface area contributed by atoms with Crippen LogP contribution in [0, 0.1) is 130 Å². The van der Waals surface area contributed by atoms with Crippen molar-refractivity contribution in [2.45, 2.75) is 582 Å². The molecule has 5 nitrogen and oxygen atoms in total. The van der Waals surface area contributed by atoms with Crippen molar-refractivity contribution in [3.05, 3.63) is 0 Å². The van der Waals surface area contributed by atoms with Crippen molar-refractivity contribution in [2.75, 3.05) is 59.8 Å². The standard InChI is InChI=1S/C42H81NO.C36H68.C35H66O.C7H17NO.CH2Cl2.BrH/c1-6-9-13-21-36-32-39(36)26-18-24-35(25-19-27-40-33-37(40)22-14-10-7-2)42(44-31-17-12-16-30-43(4)5)29-20-28-41-34-38(41)23-15-11-8-3;1-5-8-11-18-31-26-34(31)23-14-17-29(4)30(21-15-24-35-27-32(35)19-12-9-6-2)22-16-25-36-28-33(36)20-13-10-7-3;1-4-7-10-16-29-25-32(29)21-13-19-28(20-14-22-33-26-30(33)17-11-8-5-2)35(36)24-15-23-34-27-31(34)18-12-9-6-3;1-8(2)6-4-3-5-7-9;2-1-3;/h35-42H,6-34H2,1-5H3;29-36H,5-28H2,1-4H3;28-36H,4-27H2,1-3H3;9H,3-7H2,1-2H3;1H2;1H. The fraction of sp³-hybridized carbons (Fsp3) is 1.00. The number of ether oxygens (including phenoxy) is 1. The van der Waals surface area contributed by atoms with Gasteiger partial charge in [0.25, 0.3) is 0 Å². The molecule has 0 aromatic rings. The van der Waals surface area contributed by atoms with Crippen LogP contribution in [0.3, 0.4) is 0 Å². The van der Waals surface area contributed by atoms with Crippen LogP contribution >= 0.6 is 40.2 Å². The molecule has 0 bridgehead atoms. The van der Waals surface area contributed by atoms with Crippen LogP contribution < -0.4 is 0 Å². The SMILES string of the molecule is Br.CCCCCC1CC1CCCC(C)C(CCCC1CC1CCCCC)CCCC1CC1CCCCC.CCCCCC1CC1CCCC(CCCC1CC1CCCCC)C(CCCC1CC1CCCCC)OCCCCCN(C)C.CCCCCC1CC1CCCC(O)C(CCCC1CC1CCCCC)CCCC1CC1CCCCC.CN(C)CCCCCO.ClCCl. The molecule has 0 radical (unpaired) electrons. The zero-order valence-corrected chi connectivity index (χ0v) is 93.1. The van der Waals surface area contributed by atoms with Gasteiger partial charge in [-0.1, -0.05) is 435 Å². The Morgan fingerprint density at radius 3 is 0.682 bits per heavy atom. The molecule has 768 valence electrons. The summed E-state index contributed by atoms with van der Waals surface area (Å²) in [7, 11) is 8.54. The molecule has 2 N–H and O–H groups in total. The maximum atomic E-state index is 11.2. The van der Waals surface area contributed by atoms with Crippen molar-refractivity contribution in [1.82, 2.24) is 9.80 Å². The van der Waals surface area contributed by atoms with E-state index in [1.807, 2.05) is 0 Å². The quantitative estimate of drug-likeness (QED) is 0.0469. The summed E-state index contributed by atoms with van der Waals surface area (Å²) in [4.78, 5) is 4.49. The first-order chi connectivity index (χ1) is 62.5. The van der Waals surface area contributed by atoms with Gasteiger partial charge in [0.05, 0.1) is 17.5 Å². The summed E-state index contributed by atoms with van der Waals surface area (Å²) in [6.07, 6.45) is 113. The van der Waals surface area contributed by atoms with Gasteiger partial charge < -0.3 is 24.7 Å². The monoisotopic (exact) mass is 1910 g/mol. The fourth-order valence-electron chi connectivity index (χ4n) is 25.1. The lowest BCUT2D eigenvalue weighted by molar-refractivity contribution is -0.00407. The highest BCUT2D eigenvalue weighted by Gasteiger charge is 2.43. The van der Waals surface area contributed by atoms with E-state index in [4.69, 9.17) is 33.0 Å². The second-order valence-corrected chi connectivity index (χ2v) is 48.2. The molecule has 129 heavy (non-hydrogen) atoms. The van der Waals surface area contributed by atoms with Crippen LogP contribution in [0.1, 0.15) is 570 Å². The average Bonchev–Trinajstić information content (AvgIpc) is 1.45. The van der Waals surface area contributed by atoms with Gasteiger partial charge in [0, 0.05) is 13.2 Å². The van der Waals surface area contributed by atoms with Crippen molar-refractivity contribution in [3.8, 4) is 0 Å². The van der Waals surface area contributed by atoms with Gasteiger partial charge in [0.15, 0.2) is 0 Å². The molecular weight excluding hydrogens is 1680 g/mol. The highest BCUT2D eigenvalue weighted by molar-refractivity contribution is 8.93. The van der Waals surface area contributed by atoms with Crippen molar-refractivity contribution in [3.63, 3.8) is 0 Å². The number of hydrogen-bond donors (Lipinski definition) is 2. The Bertz CT molecular complexity index is 2250. The molecule has 21 atom stereocenters. The van der Waals surface area contributed by atoms with Crippen LogP contribution in [0.5, 0.6) is 0 Å². The van der Waals surface area contributed by atoms with Crippen molar-refractivity contribution >= 4 is 40.2 Å². The summed E-state index contributed by atoms with van der Waals surface area (Å²) < 4.78 is 6.93. The number of halogens is 3. The van der Waals surface area contributed by atoms with Gasteiger partial charge in [-0.2, -0.15) is 0 Å². The number of aliphatic hydroxyl groups is 2. The Balaban J connectivity index is 0.000000380. The normalized spacial score (nSPS) is 27.1. The summed E-state index contributed by atoms with van der Waals surface area (Å²) in [5.41, 5.74) is 0. The van der Waals surface area contributed by atoms with Crippen molar-refractivity contribution in [1.29, 1.82) is 0 Å². The Morgan fingerprint density at radius 1 is 0.248 bits per heavy atom. The summed E-state index contributed by atoms with van der Waals surface area (Å²) in [6.45, 7) is 27.4.